The van der Waals surface area contributed by atoms with Crippen LogP contribution in [0.4, 0.5) is 5.69 Å². The number of hydrogen-bond acceptors (Lipinski definition) is 4. The number of aromatic nitrogens is 1. The van der Waals surface area contributed by atoms with Gasteiger partial charge in [0, 0.05) is 12.6 Å². The largest absolute Gasteiger partial charge is 0.295 e. The van der Waals surface area contributed by atoms with Gasteiger partial charge in [0.1, 0.15) is 0 Å². The maximum Gasteiger partial charge on any atom is 0.279 e. The number of rotatable bonds is 2. The van der Waals surface area contributed by atoms with Crippen molar-refractivity contribution in [3.8, 4) is 0 Å². The lowest BCUT2D eigenvalue weighted by molar-refractivity contribution is 0.0998. The van der Waals surface area contributed by atoms with Crippen LogP contribution in [0.5, 0.6) is 0 Å². The summed E-state index contributed by atoms with van der Waals surface area (Å²) in [7, 11) is 4.81. The van der Waals surface area contributed by atoms with Crippen LogP contribution >= 0.6 is 20.7 Å². The summed E-state index contributed by atoms with van der Waals surface area (Å²) >= 11 is 0. The maximum absolute atomic E-state index is 12.1. The number of hydrogen-bond donors (Lipinski definition) is 0. The highest BCUT2D eigenvalue weighted by molar-refractivity contribution is 7.67. The van der Waals surface area contributed by atoms with Crippen molar-refractivity contribution in [1.29, 1.82) is 0 Å². The van der Waals surface area contributed by atoms with E-state index >= 15 is 0 Å². The average Bonchev–Trinajstić information content (AvgIpc) is 2.90. The lowest BCUT2D eigenvalue weighted by Crippen LogP contribution is -2.23. The number of carbonyl (C=O) groups excluding carboxylic acids is 1. The van der Waals surface area contributed by atoms with Gasteiger partial charge >= 0.3 is 0 Å². The molecule has 1 amide bonds. The van der Waals surface area contributed by atoms with E-state index < -0.39 is 0 Å². The van der Waals surface area contributed by atoms with Gasteiger partial charge in [-0.15, -0.1) is 0 Å². The lowest BCUT2D eigenvalue weighted by Gasteiger charge is -1.94. The molecule has 0 fully saturated rings. The summed E-state index contributed by atoms with van der Waals surface area (Å²) in [6.07, 6.45) is 0. The zero-order valence-corrected chi connectivity index (χ0v) is 13.5. The first-order valence-electron chi connectivity index (χ1n) is 6.64. The van der Waals surface area contributed by atoms with E-state index in [0.717, 1.165) is 10.5 Å². The predicted molar refractivity (Wildman–Crippen MR) is 89.2 cm³/mol. The summed E-state index contributed by atoms with van der Waals surface area (Å²) in [6, 6.07) is 18.8. The van der Waals surface area contributed by atoms with Gasteiger partial charge in [0.15, 0.2) is 0 Å². The summed E-state index contributed by atoms with van der Waals surface area (Å²) < 4.78 is 1.84. The third-order valence-electron chi connectivity index (χ3n) is 2.96. The van der Waals surface area contributed by atoms with E-state index in [1.807, 2.05) is 60.1 Å². The molecule has 4 nitrogen and oxygen atoms in total. The van der Waals surface area contributed by atoms with Crippen LogP contribution in [0.25, 0.3) is 0 Å². The topological polar surface area (TPSA) is 46.7 Å². The van der Waals surface area contributed by atoms with Crippen molar-refractivity contribution >= 4 is 32.3 Å². The Kier molecular flexibility index (Phi) is 4.41. The fraction of sp³-hybridized carbons (Fsp3) is 0.0625. The van der Waals surface area contributed by atoms with Crippen molar-refractivity contribution in [3.05, 3.63) is 75.8 Å². The molecule has 2 aromatic carbocycles. The molecule has 0 saturated heterocycles. The second-order valence-electron chi connectivity index (χ2n) is 4.52. The Labute approximate surface area is 134 Å². The van der Waals surface area contributed by atoms with Gasteiger partial charge in [0.05, 0.1) is 5.69 Å². The minimum Gasteiger partial charge on any atom is -0.295 e. The maximum atomic E-state index is 12.1. The Hall–Kier alpha value is -2.31. The smallest absolute Gasteiger partial charge is 0.279 e. The molecule has 0 saturated carbocycles. The van der Waals surface area contributed by atoms with Gasteiger partial charge in [-0.05, 0) is 44.9 Å². The van der Waals surface area contributed by atoms with Gasteiger partial charge in [-0.2, -0.15) is 4.99 Å². The molecule has 0 spiro atoms. The molecule has 0 bridgehead atoms. The summed E-state index contributed by atoms with van der Waals surface area (Å²) in [5, 5.41) is 0. The molecule has 3 aromatic rings. The van der Waals surface area contributed by atoms with Crippen molar-refractivity contribution < 1.29 is 4.79 Å². The number of para-hydroxylation sites is 1. The molecule has 22 heavy (non-hydrogen) atoms. The van der Waals surface area contributed by atoms with Crippen molar-refractivity contribution in [2.75, 3.05) is 0 Å². The number of carbonyl (C=O) groups is 1. The van der Waals surface area contributed by atoms with Gasteiger partial charge in [0.25, 0.3) is 5.91 Å². The molecule has 1 heterocycles. The van der Waals surface area contributed by atoms with Gasteiger partial charge in [-0.25, -0.2) is 4.99 Å². The van der Waals surface area contributed by atoms with E-state index in [4.69, 9.17) is 0 Å². The van der Waals surface area contributed by atoms with E-state index in [-0.39, 0.29) is 5.91 Å². The van der Waals surface area contributed by atoms with Crippen LogP contribution in [0, 0.1) is 0 Å². The van der Waals surface area contributed by atoms with Crippen LogP contribution in [0.2, 0.25) is 0 Å². The number of nitrogens with zero attached hydrogens (tertiary/aromatic N) is 3. The zero-order chi connectivity index (χ0) is 15.4. The number of benzene rings is 2. The Morgan fingerprint density at radius 3 is 2.18 bits per heavy atom. The van der Waals surface area contributed by atoms with Gasteiger partial charge in [0.2, 0.25) is 9.60 Å². The Morgan fingerprint density at radius 1 is 0.909 bits per heavy atom. The van der Waals surface area contributed by atoms with Crippen LogP contribution in [0.1, 0.15) is 10.4 Å². The summed E-state index contributed by atoms with van der Waals surface area (Å²) in [5.74, 6) is -0.239. The molecule has 0 aliphatic heterocycles. The minimum atomic E-state index is -0.239. The highest BCUT2D eigenvalue weighted by Crippen LogP contribution is 2.09. The molecule has 110 valence electrons. The monoisotopic (exact) mass is 327 g/mol. The highest BCUT2D eigenvalue weighted by atomic mass is 32.9. The molecule has 0 aliphatic carbocycles. The fourth-order valence-electron chi connectivity index (χ4n) is 1.80. The molecule has 3 rings (SSSR count). The van der Waals surface area contributed by atoms with E-state index in [9.17, 15) is 4.79 Å². The second-order valence-corrected chi connectivity index (χ2v) is 6.58. The van der Waals surface area contributed by atoms with Crippen LogP contribution in [-0.4, -0.2) is 10.5 Å². The summed E-state index contributed by atoms with van der Waals surface area (Å²) in [5.41, 5.74) is 1.47. The molecular weight excluding hydrogens is 314 g/mol. The van der Waals surface area contributed by atoms with E-state index in [1.54, 1.807) is 12.1 Å². The molecule has 0 N–H and O–H groups in total. The van der Waals surface area contributed by atoms with Gasteiger partial charge in [-0.3, -0.25) is 9.36 Å². The van der Waals surface area contributed by atoms with Crippen molar-refractivity contribution in [2.24, 2.45) is 17.0 Å². The third kappa shape index (κ3) is 3.29. The van der Waals surface area contributed by atoms with Crippen LogP contribution in [0.15, 0.2) is 70.6 Å². The molecule has 1 aromatic heterocycles. The first-order chi connectivity index (χ1) is 10.7. The van der Waals surface area contributed by atoms with Crippen LogP contribution in [0.3, 0.4) is 0 Å². The third-order valence-corrected chi connectivity index (χ3v) is 5.22. The molecule has 0 unspecified atom stereocenters. The predicted octanol–water partition coefficient (Wildman–Crippen LogP) is 3.12. The highest BCUT2D eigenvalue weighted by Gasteiger charge is 2.04. The summed E-state index contributed by atoms with van der Waals surface area (Å²) in [4.78, 5) is 22.3. The summed E-state index contributed by atoms with van der Waals surface area (Å²) in [6.45, 7) is 0. The lowest BCUT2D eigenvalue weighted by atomic mass is 10.2. The minimum absolute atomic E-state index is 0.239. The molecule has 0 radical (unpaired) electrons. The molecule has 0 atom stereocenters. The first-order valence-corrected chi connectivity index (χ1v) is 8.79. The Balaban J connectivity index is 1.99. The van der Waals surface area contributed by atoms with E-state index in [2.05, 4.69) is 9.98 Å². The number of amides is 1. The zero-order valence-electron chi connectivity index (χ0n) is 11.8. The van der Waals surface area contributed by atoms with Gasteiger partial charge < -0.3 is 0 Å². The molecular formula is C16H13N3OS2. The van der Waals surface area contributed by atoms with E-state index in [0.29, 0.717) is 10.4 Å². The second kappa shape index (κ2) is 6.64. The fourth-order valence-corrected chi connectivity index (χ4v) is 4.01. The van der Waals surface area contributed by atoms with Crippen LogP contribution < -0.4 is 9.60 Å². The average molecular weight is 327 g/mol. The Morgan fingerprint density at radius 2 is 1.50 bits per heavy atom. The Bertz CT molecular complexity index is 906. The van der Waals surface area contributed by atoms with E-state index in [1.165, 1.54) is 20.7 Å². The SMILES string of the molecule is Cn1c(=NC(=O)c2ccccc2)ssc1=Nc1ccccc1. The normalized spacial score (nSPS) is 12.6. The standard InChI is InChI=1S/C16H13N3OS2/c1-19-15(17-13-10-6-3-7-11-13)21-22-16(19)18-14(20)12-8-4-2-5-9-12/h2-11H,1H3. The van der Waals surface area contributed by atoms with Crippen LogP contribution in [-0.2, 0) is 7.05 Å². The first kappa shape index (κ1) is 14.6. The van der Waals surface area contributed by atoms with Crippen molar-refractivity contribution in [2.45, 2.75) is 0 Å². The van der Waals surface area contributed by atoms with Gasteiger partial charge in [-0.1, -0.05) is 36.4 Å². The van der Waals surface area contributed by atoms with Crippen molar-refractivity contribution in [3.63, 3.8) is 0 Å². The quantitative estimate of drug-likeness (QED) is 0.667. The molecule has 6 heteroatoms. The van der Waals surface area contributed by atoms with Crippen molar-refractivity contribution in [1.82, 2.24) is 4.57 Å². The molecule has 0 aliphatic rings.